The largest absolute Gasteiger partial charge is 0.317 e. The van der Waals surface area contributed by atoms with Crippen molar-refractivity contribution in [2.45, 2.75) is 45.6 Å². The molecular formula is C9H19N. The van der Waals surface area contributed by atoms with Gasteiger partial charge in [-0.3, -0.25) is 0 Å². The van der Waals surface area contributed by atoms with Crippen molar-refractivity contribution in [2.24, 2.45) is 5.41 Å². The first-order valence-electron chi connectivity index (χ1n) is 4.37. The lowest BCUT2D eigenvalue weighted by molar-refractivity contribution is 0.314. The Morgan fingerprint density at radius 2 is 2.30 bits per heavy atom. The Labute approximate surface area is 64.2 Å². The van der Waals surface area contributed by atoms with Gasteiger partial charge in [-0.25, -0.2) is 0 Å². The highest BCUT2D eigenvalue weighted by atomic mass is 14.9. The van der Waals surface area contributed by atoms with E-state index in [1.165, 1.54) is 25.7 Å². The van der Waals surface area contributed by atoms with Crippen LogP contribution in [-0.2, 0) is 0 Å². The van der Waals surface area contributed by atoms with Gasteiger partial charge in [-0.05, 0) is 31.7 Å². The average Bonchev–Trinajstić information content (AvgIpc) is 2.33. The number of hydrogen-bond donors (Lipinski definition) is 1. The molecule has 1 fully saturated rings. The minimum Gasteiger partial charge on any atom is -0.317 e. The summed E-state index contributed by atoms with van der Waals surface area (Å²) in [5, 5.41) is 3.35. The summed E-state index contributed by atoms with van der Waals surface area (Å²) in [6, 6.07) is 0.796. The van der Waals surface area contributed by atoms with E-state index in [1.54, 1.807) is 0 Å². The Bertz CT molecular complexity index is 111. The standard InChI is InChI=1S/C9H19N/c1-4-9(2)6-5-8(7-9)10-3/h8,10H,4-7H2,1-3H3. The van der Waals surface area contributed by atoms with E-state index >= 15 is 0 Å². The summed E-state index contributed by atoms with van der Waals surface area (Å²) in [7, 11) is 2.08. The first-order valence-corrected chi connectivity index (χ1v) is 4.37. The lowest BCUT2D eigenvalue weighted by Crippen LogP contribution is -2.23. The molecule has 1 rings (SSSR count). The first kappa shape index (κ1) is 8.06. The molecule has 1 aliphatic rings. The van der Waals surface area contributed by atoms with Crippen LogP contribution in [0.2, 0.25) is 0 Å². The zero-order valence-electron chi connectivity index (χ0n) is 7.41. The fourth-order valence-corrected chi connectivity index (χ4v) is 1.89. The van der Waals surface area contributed by atoms with Crippen LogP contribution in [0.4, 0.5) is 0 Å². The molecule has 10 heavy (non-hydrogen) atoms. The van der Waals surface area contributed by atoms with Gasteiger partial charge in [0.15, 0.2) is 0 Å². The highest BCUT2D eigenvalue weighted by Crippen LogP contribution is 2.40. The second-order valence-electron chi connectivity index (χ2n) is 3.89. The molecule has 2 atom stereocenters. The van der Waals surface area contributed by atoms with Gasteiger partial charge in [0.1, 0.15) is 0 Å². The van der Waals surface area contributed by atoms with Crippen LogP contribution in [0.15, 0.2) is 0 Å². The molecule has 1 nitrogen and oxygen atoms in total. The normalized spacial score (nSPS) is 40.5. The Kier molecular flexibility index (Phi) is 2.35. The Morgan fingerprint density at radius 1 is 1.60 bits per heavy atom. The van der Waals surface area contributed by atoms with Crippen LogP contribution in [0.5, 0.6) is 0 Å². The quantitative estimate of drug-likeness (QED) is 0.621. The zero-order chi connectivity index (χ0) is 7.61. The van der Waals surface area contributed by atoms with Gasteiger partial charge in [-0.2, -0.15) is 0 Å². The summed E-state index contributed by atoms with van der Waals surface area (Å²) in [5.41, 5.74) is 0.647. The van der Waals surface area contributed by atoms with Gasteiger partial charge >= 0.3 is 0 Å². The smallest absolute Gasteiger partial charge is 0.00694 e. The number of hydrogen-bond acceptors (Lipinski definition) is 1. The van der Waals surface area contributed by atoms with Crippen molar-refractivity contribution in [3.63, 3.8) is 0 Å². The maximum absolute atomic E-state index is 3.35. The van der Waals surface area contributed by atoms with Crippen LogP contribution in [0.1, 0.15) is 39.5 Å². The Balaban J connectivity index is 2.41. The fourth-order valence-electron chi connectivity index (χ4n) is 1.89. The van der Waals surface area contributed by atoms with E-state index in [0.29, 0.717) is 5.41 Å². The molecule has 1 saturated carbocycles. The van der Waals surface area contributed by atoms with Crippen LogP contribution in [-0.4, -0.2) is 13.1 Å². The van der Waals surface area contributed by atoms with E-state index in [2.05, 4.69) is 26.2 Å². The van der Waals surface area contributed by atoms with Gasteiger partial charge in [-0.1, -0.05) is 20.3 Å². The van der Waals surface area contributed by atoms with E-state index in [0.717, 1.165) is 6.04 Å². The molecule has 0 aliphatic heterocycles. The molecule has 0 bridgehead atoms. The van der Waals surface area contributed by atoms with Gasteiger partial charge in [0.05, 0.1) is 0 Å². The SMILES string of the molecule is CCC1(C)CCC(NC)C1. The maximum atomic E-state index is 3.35. The maximum Gasteiger partial charge on any atom is 0.00694 e. The summed E-state index contributed by atoms with van der Waals surface area (Å²) in [6.07, 6.45) is 5.50. The van der Waals surface area contributed by atoms with Crippen molar-refractivity contribution < 1.29 is 0 Å². The van der Waals surface area contributed by atoms with Crippen molar-refractivity contribution in [3.8, 4) is 0 Å². The highest BCUT2D eigenvalue weighted by Gasteiger charge is 2.32. The highest BCUT2D eigenvalue weighted by molar-refractivity contribution is 4.87. The fraction of sp³-hybridized carbons (Fsp3) is 1.00. The Morgan fingerprint density at radius 3 is 2.60 bits per heavy atom. The predicted octanol–water partition coefficient (Wildman–Crippen LogP) is 2.17. The van der Waals surface area contributed by atoms with E-state index < -0.39 is 0 Å². The number of nitrogens with one attached hydrogen (secondary N) is 1. The van der Waals surface area contributed by atoms with Gasteiger partial charge in [0.2, 0.25) is 0 Å². The first-order chi connectivity index (χ1) is 4.70. The second kappa shape index (κ2) is 2.91. The average molecular weight is 141 g/mol. The van der Waals surface area contributed by atoms with Gasteiger partial charge in [0, 0.05) is 6.04 Å². The van der Waals surface area contributed by atoms with Crippen molar-refractivity contribution in [2.75, 3.05) is 7.05 Å². The molecule has 0 aromatic rings. The van der Waals surface area contributed by atoms with Crippen LogP contribution in [0, 0.1) is 5.41 Å². The molecule has 1 aliphatic carbocycles. The lowest BCUT2D eigenvalue weighted by Gasteiger charge is -2.21. The van der Waals surface area contributed by atoms with Crippen LogP contribution in [0.3, 0.4) is 0 Å². The van der Waals surface area contributed by atoms with E-state index in [1.807, 2.05) is 0 Å². The Hall–Kier alpha value is -0.0400. The van der Waals surface area contributed by atoms with Gasteiger partial charge in [0.25, 0.3) is 0 Å². The van der Waals surface area contributed by atoms with Crippen LogP contribution in [0.25, 0.3) is 0 Å². The second-order valence-corrected chi connectivity index (χ2v) is 3.89. The van der Waals surface area contributed by atoms with E-state index in [-0.39, 0.29) is 0 Å². The molecular weight excluding hydrogens is 122 g/mol. The number of rotatable bonds is 2. The minimum absolute atomic E-state index is 0.647. The summed E-state index contributed by atoms with van der Waals surface area (Å²) < 4.78 is 0. The van der Waals surface area contributed by atoms with Crippen molar-refractivity contribution in [3.05, 3.63) is 0 Å². The molecule has 0 saturated heterocycles. The lowest BCUT2D eigenvalue weighted by atomic mass is 9.86. The summed E-state index contributed by atoms with van der Waals surface area (Å²) in [5.74, 6) is 0. The zero-order valence-corrected chi connectivity index (χ0v) is 7.41. The molecule has 1 N–H and O–H groups in total. The predicted molar refractivity (Wildman–Crippen MR) is 45.1 cm³/mol. The monoisotopic (exact) mass is 141 g/mol. The third kappa shape index (κ3) is 1.51. The molecule has 0 radical (unpaired) electrons. The van der Waals surface area contributed by atoms with Crippen molar-refractivity contribution >= 4 is 0 Å². The molecule has 60 valence electrons. The van der Waals surface area contributed by atoms with Crippen molar-refractivity contribution in [1.29, 1.82) is 0 Å². The topological polar surface area (TPSA) is 12.0 Å². The van der Waals surface area contributed by atoms with Crippen LogP contribution >= 0.6 is 0 Å². The summed E-state index contributed by atoms with van der Waals surface area (Å²) >= 11 is 0. The molecule has 0 aromatic heterocycles. The molecule has 0 heterocycles. The summed E-state index contributed by atoms with van der Waals surface area (Å²) in [4.78, 5) is 0. The molecule has 0 amide bonds. The molecule has 2 unspecified atom stereocenters. The van der Waals surface area contributed by atoms with E-state index in [9.17, 15) is 0 Å². The third-order valence-electron chi connectivity index (χ3n) is 3.10. The van der Waals surface area contributed by atoms with E-state index in [4.69, 9.17) is 0 Å². The van der Waals surface area contributed by atoms with Crippen LogP contribution < -0.4 is 5.32 Å². The van der Waals surface area contributed by atoms with Gasteiger partial charge < -0.3 is 5.32 Å². The van der Waals surface area contributed by atoms with Crippen molar-refractivity contribution in [1.82, 2.24) is 5.32 Å². The van der Waals surface area contributed by atoms with Gasteiger partial charge in [-0.15, -0.1) is 0 Å². The minimum atomic E-state index is 0.647. The molecule has 0 spiro atoms. The third-order valence-corrected chi connectivity index (χ3v) is 3.10. The molecule has 0 aromatic carbocycles. The molecule has 1 heteroatoms. The summed E-state index contributed by atoms with van der Waals surface area (Å²) in [6.45, 7) is 4.71.